The Morgan fingerprint density at radius 2 is 2.04 bits per heavy atom. The fraction of sp³-hybridized carbons (Fsp3) is 0.688. The van der Waals surface area contributed by atoms with Crippen LogP contribution in [-0.2, 0) is 16.1 Å². The molecule has 1 aliphatic heterocycles. The third-order valence-electron chi connectivity index (χ3n) is 3.68. The number of rotatable bonds is 5. The normalized spacial score (nSPS) is 17.2. The van der Waals surface area contributed by atoms with Gasteiger partial charge in [0.1, 0.15) is 17.1 Å². The molecule has 2 heterocycles. The number of nitrogens with zero attached hydrogens (tertiary/aromatic N) is 3. The summed E-state index contributed by atoms with van der Waals surface area (Å²) in [5, 5.41) is 9.44. The van der Waals surface area contributed by atoms with Gasteiger partial charge in [-0.3, -0.25) is 5.14 Å². The molecular formula is C16H27N5O4S. The summed E-state index contributed by atoms with van der Waals surface area (Å²) in [5.41, 5.74) is 5.76. The van der Waals surface area contributed by atoms with E-state index in [0.717, 1.165) is 24.8 Å². The summed E-state index contributed by atoms with van der Waals surface area (Å²) in [7, 11) is 0. The molecule has 26 heavy (non-hydrogen) atoms. The van der Waals surface area contributed by atoms with Crippen molar-refractivity contribution in [2.45, 2.75) is 58.8 Å². The Balaban J connectivity index is 1.80. The van der Waals surface area contributed by atoms with E-state index in [1.54, 1.807) is 11.8 Å². The highest BCUT2D eigenvalue weighted by Crippen LogP contribution is 2.24. The number of carbonyl (C=O) groups is 1. The highest BCUT2D eigenvalue weighted by Gasteiger charge is 2.27. The molecule has 0 radical (unpaired) electrons. The largest absolute Gasteiger partial charge is 0.444 e. The Hall–Kier alpha value is -1.78. The first-order valence-electron chi connectivity index (χ1n) is 8.45. The van der Waals surface area contributed by atoms with E-state index in [1.165, 1.54) is 0 Å². The first-order valence-corrected chi connectivity index (χ1v) is 9.33. The quantitative estimate of drug-likeness (QED) is 0.733. The smallest absolute Gasteiger partial charge is 0.410 e. The molecule has 0 bridgehead atoms. The average molecular weight is 385 g/mol. The van der Waals surface area contributed by atoms with Crippen molar-refractivity contribution in [3.63, 3.8) is 0 Å². The maximum absolute atomic E-state index is 12.1. The first-order chi connectivity index (χ1) is 12.2. The van der Waals surface area contributed by atoms with Crippen LogP contribution in [0.1, 0.15) is 52.3 Å². The van der Waals surface area contributed by atoms with E-state index < -0.39 is 5.60 Å². The van der Waals surface area contributed by atoms with Crippen LogP contribution in [0.2, 0.25) is 0 Å². The molecule has 1 fully saturated rings. The zero-order valence-corrected chi connectivity index (χ0v) is 16.5. The molecule has 146 valence electrons. The first kappa shape index (κ1) is 20.5. The molecule has 0 aromatic carbocycles. The minimum absolute atomic E-state index is 0.0331. The third kappa shape index (κ3) is 5.89. The molecule has 0 saturated carbocycles. The molecule has 0 atom stereocenters. The van der Waals surface area contributed by atoms with Crippen LogP contribution in [0.5, 0.6) is 0 Å². The van der Waals surface area contributed by atoms with Gasteiger partial charge in [-0.25, -0.2) is 4.79 Å². The van der Waals surface area contributed by atoms with Gasteiger partial charge >= 0.3 is 6.09 Å². The van der Waals surface area contributed by atoms with Crippen LogP contribution in [-0.4, -0.2) is 45.9 Å². The molecule has 2 rings (SSSR count). The topological polar surface area (TPSA) is 130 Å². The molecule has 1 amide bonds. The summed E-state index contributed by atoms with van der Waals surface area (Å²) in [6.07, 6.45) is 1.21. The second kappa shape index (κ2) is 8.74. The van der Waals surface area contributed by atoms with Crippen LogP contribution in [0, 0.1) is 0 Å². The van der Waals surface area contributed by atoms with Crippen LogP contribution in [0.15, 0.2) is 10.2 Å². The van der Waals surface area contributed by atoms with Crippen molar-refractivity contribution >= 4 is 22.9 Å². The zero-order valence-electron chi connectivity index (χ0n) is 15.7. The highest BCUT2D eigenvalue weighted by atomic mass is 32.2. The Morgan fingerprint density at radius 3 is 2.58 bits per heavy atom. The van der Waals surface area contributed by atoms with Gasteiger partial charge in [0.05, 0.1) is 6.10 Å². The van der Waals surface area contributed by atoms with Crippen molar-refractivity contribution in [3.05, 3.63) is 17.4 Å². The molecule has 10 heteroatoms. The van der Waals surface area contributed by atoms with E-state index in [0.29, 0.717) is 29.5 Å². The predicted octanol–water partition coefficient (Wildman–Crippen LogP) is 2.24. The minimum Gasteiger partial charge on any atom is -0.444 e. The van der Waals surface area contributed by atoms with Gasteiger partial charge in [-0.2, -0.15) is 4.98 Å². The highest BCUT2D eigenvalue weighted by molar-refractivity contribution is 8.06. The van der Waals surface area contributed by atoms with E-state index in [9.17, 15) is 4.79 Å². The molecule has 4 N–H and O–H groups in total. The van der Waals surface area contributed by atoms with Gasteiger partial charge in [-0.05, 0) is 52.5 Å². The predicted molar refractivity (Wildman–Crippen MR) is 98.5 cm³/mol. The van der Waals surface area contributed by atoms with Crippen LogP contribution < -0.4 is 10.9 Å². The van der Waals surface area contributed by atoms with E-state index in [2.05, 4.69) is 10.1 Å². The maximum Gasteiger partial charge on any atom is 0.410 e. The number of piperidine rings is 1. The molecule has 0 unspecified atom stereocenters. The van der Waals surface area contributed by atoms with Gasteiger partial charge in [0.2, 0.25) is 0 Å². The number of hydrogen-bond acceptors (Lipinski definition) is 9. The van der Waals surface area contributed by atoms with Crippen molar-refractivity contribution < 1.29 is 18.8 Å². The van der Waals surface area contributed by atoms with Gasteiger partial charge in [0.15, 0.2) is 5.82 Å². The summed E-state index contributed by atoms with van der Waals surface area (Å²) >= 11 is 0.966. The lowest BCUT2D eigenvalue weighted by Crippen LogP contribution is -2.43. The average Bonchev–Trinajstić information content (AvgIpc) is 3.00. The molecule has 1 aromatic heterocycles. The lowest BCUT2D eigenvalue weighted by Gasteiger charge is -2.33. The summed E-state index contributed by atoms with van der Waals surface area (Å²) in [5.74, 6) is 0.721. The van der Waals surface area contributed by atoms with Gasteiger partial charge < -0.3 is 24.6 Å². The van der Waals surface area contributed by atoms with E-state index in [4.69, 9.17) is 24.9 Å². The summed E-state index contributed by atoms with van der Waals surface area (Å²) in [6.45, 7) is 8.71. The SMILES string of the molecule is C/C(N)=C(/SN)c1nc(COC2CCN(C(=O)OC(C)(C)C)CC2)no1. The zero-order chi connectivity index (χ0) is 19.3. The maximum atomic E-state index is 12.1. The van der Waals surface area contributed by atoms with Crippen LogP contribution >= 0.6 is 11.9 Å². The number of hydrogen-bond donors (Lipinski definition) is 2. The number of ether oxygens (including phenoxy) is 2. The second-order valence-corrected chi connectivity index (χ2v) is 7.77. The Kier molecular flexibility index (Phi) is 6.90. The standard InChI is InChI=1S/C16H27N5O4S/c1-10(17)13(26-18)14-19-12(20-25-14)9-23-11-5-7-21(8-6-11)15(22)24-16(2,3)4/h11H,5-9,17-18H2,1-4H3/b13-10-. The second-order valence-electron chi connectivity index (χ2n) is 7.12. The monoisotopic (exact) mass is 385 g/mol. The van der Waals surface area contributed by atoms with E-state index >= 15 is 0 Å². The lowest BCUT2D eigenvalue weighted by atomic mass is 10.1. The number of allylic oxidation sites excluding steroid dienone is 1. The number of amides is 1. The minimum atomic E-state index is -0.488. The fourth-order valence-electron chi connectivity index (χ4n) is 2.44. The third-order valence-corrected chi connectivity index (χ3v) is 4.41. The molecule has 0 aliphatic carbocycles. The van der Waals surface area contributed by atoms with Crippen LogP contribution in [0.3, 0.4) is 0 Å². The van der Waals surface area contributed by atoms with Crippen molar-refractivity contribution in [1.82, 2.24) is 15.0 Å². The Morgan fingerprint density at radius 1 is 1.38 bits per heavy atom. The number of likely N-dealkylation sites (tertiary alicyclic amines) is 1. The summed E-state index contributed by atoms with van der Waals surface area (Å²) in [6, 6.07) is 0. The van der Waals surface area contributed by atoms with Crippen LogP contribution in [0.4, 0.5) is 4.79 Å². The molecule has 0 spiro atoms. The number of aromatic nitrogens is 2. The molecule has 1 aromatic rings. The summed E-state index contributed by atoms with van der Waals surface area (Å²) in [4.78, 5) is 18.6. The van der Waals surface area contributed by atoms with Crippen molar-refractivity contribution in [1.29, 1.82) is 0 Å². The van der Waals surface area contributed by atoms with Gasteiger partial charge in [-0.1, -0.05) is 5.16 Å². The molecule has 1 saturated heterocycles. The van der Waals surface area contributed by atoms with Crippen molar-refractivity contribution in [2.75, 3.05) is 13.1 Å². The number of nitrogens with two attached hydrogens (primary N) is 2. The molecule has 1 aliphatic rings. The van der Waals surface area contributed by atoms with Crippen LogP contribution in [0.25, 0.3) is 4.91 Å². The van der Waals surface area contributed by atoms with E-state index in [-0.39, 0.29) is 24.7 Å². The summed E-state index contributed by atoms with van der Waals surface area (Å²) < 4.78 is 16.4. The van der Waals surface area contributed by atoms with E-state index in [1.807, 2.05) is 20.8 Å². The fourth-order valence-corrected chi connectivity index (χ4v) is 2.81. The number of carbonyl (C=O) groups excluding carboxylic acids is 1. The Bertz CT molecular complexity index is 643. The van der Waals surface area contributed by atoms with Crippen molar-refractivity contribution in [3.8, 4) is 0 Å². The van der Waals surface area contributed by atoms with Gasteiger partial charge in [0.25, 0.3) is 5.89 Å². The van der Waals surface area contributed by atoms with Crippen molar-refractivity contribution in [2.24, 2.45) is 10.9 Å². The lowest BCUT2D eigenvalue weighted by molar-refractivity contribution is -0.0190. The van der Waals surface area contributed by atoms with Gasteiger partial charge in [-0.15, -0.1) is 0 Å². The van der Waals surface area contributed by atoms with Gasteiger partial charge in [0, 0.05) is 18.8 Å². The Labute approximate surface area is 157 Å². The molecular weight excluding hydrogens is 358 g/mol. The molecule has 9 nitrogen and oxygen atoms in total.